The van der Waals surface area contributed by atoms with Gasteiger partial charge in [-0.3, -0.25) is 0 Å². The first kappa shape index (κ1) is 41.0. The number of nitrogens with zero attached hydrogens (tertiary/aromatic N) is 3. The summed E-state index contributed by atoms with van der Waals surface area (Å²) in [7, 11) is 0. The maximum Gasteiger partial charge on any atom is 0.164 e. The highest BCUT2D eigenvalue weighted by Gasteiger charge is 2.51. The van der Waals surface area contributed by atoms with Crippen LogP contribution < -0.4 is 4.74 Å². The first-order valence-corrected chi connectivity index (χ1v) is 23.6. The third-order valence-corrected chi connectivity index (χ3v) is 14.0. The van der Waals surface area contributed by atoms with Gasteiger partial charge in [-0.25, -0.2) is 15.0 Å². The molecule has 0 N–H and O–H groups in total. The van der Waals surface area contributed by atoms with Crippen molar-refractivity contribution in [1.29, 1.82) is 0 Å². The highest BCUT2D eigenvalue weighted by Crippen LogP contribution is 2.63. The number of fused-ring (bicyclic) bond motifs is 10. The van der Waals surface area contributed by atoms with Crippen molar-refractivity contribution < 1.29 is 9.15 Å². The topological polar surface area (TPSA) is 61.0 Å². The van der Waals surface area contributed by atoms with Crippen LogP contribution in [0, 0.1) is 0 Å². The van der Waals surface area contributed by atoms with Gasteiger partial charge in [-0.1, -0.05) is 201 Å². The van der Waals surface area contributed by atoms with E-state index >= 15 is 0 Å². The van der Waals surface area contributed by atoms with Crippen LogP contribution in [0.1, 0.15) is 40.5 Å². The molecule has 13 rings (SSSR count). The summed E-state index contributed by atoms with van der Waals surface area (Å²) >= 11 is 0. The fraction of sp³-hybridized carbons (Fsp3) is 0.0308. The first-order valence-electron chi connectivity index (χ1n) is 23.6. The number of furan rings is 1. The van der Waals surface area contributed by atoms with Gasteiger partial charge in [0, 0.05) is 38.8 Å². The van der Waals surface area contributed by atoms with Gasteiger partial charge in [0.1, 0.15) is 22.8 Å². The Bertz CT molecular complexity index is 3820. The van der Waals surface area contributed by atoms with Gasteiger partial charge in [-0.05, 0) is 99.0 Å². The number of hydrogen-bond acceptors (Lipinski definition) is 5. The molecule has 2 aromatic heterocycles. The van der Waals surface area contributed by atoms with Gasteiger partial charge in [0.15, 0.2) is 17.5 Å². The summed E-state index contributed by atoms with van der Waals surface area (Å²) in [6.07, 6.45) is 5.78. The second-order valence-corrected chi connectivity index (χ2v) is 17.8. The Morgan fingerprint density at radius 1 is 0.414 bits per heavy atom. The minimum Gasteiger partial charge on any atom is -0.457 e. The molecule has 5 nitrogen and oxygen atoms in total. The molecule has 0 atom stereocenters. The molecular formula is C65H43N3O2. The van der Waals surface area contributed by atoms with Gasteiger partial charge >= 0.3 is 0 Å². The summed E-state index contributed by atoms with van der Waals surface area (Å²) in [5, 5.41) is 0.906. The molecule has 9 aromatic carbocycles. The van der Waals surface area contributed by atoms with Crippen molar-refractivity contribution in [2.24, 2.45) is 0 Å². The summed E-state index contributed by atoms with van der Waals surface area (Å²) in [6.45, 7) is 6.16. The van der Waals surface area contributed by atoms with Gasteiger partial charge in [0.25, 0.3) is 0 Å². The second-order valence-electron chi connectivity index (χ2n) is 17.8. The SMILES string of the molecule is C=Cc1c(/C=C\C)oc2cccc(-c3nc(-c4ccccc4)nc(-c4ccc5c(c4)C4(c6ccccc6Oc6ccccc64)c4cc(-c6ccc(-c7ccc(-c8ccccc8)cc7)cc6)ccc4-5)n3)c12. The summed E-state index contributed by atoms with van der Waals surface area (Å²) < 4.78 is 13.1. The van der Waals surface area contributed by atoms with Crippen LogP contribution in [0.4, 0.5) is 0 Å². The van der Waals surface area contributed by atoms with Crippen LogP contribution in [0.15, 0.2) is 229 Å². The van der Waals surface area contributed by atoms with E-state index in [1.54, 1.807) is 0 Å². The molecule has 11 aromatic rings. The molecule has 0 saturated carbocycles. The molecule has 1 spiro atoms. The van der Waals surface area contributed by atoms with E-state index in [1.165, 1.54) is 33.4 Å². The summed E-state index contributed by atoms with van der Waals surface area (Å²) in [5.74, 6) is 4.09. The molecule has 0 amide bonds. The van der Waals surface area contributed by atoms with Crippen molar-refractivity contribution in [3.8, 4) is 90.2 Å². The number of benzene rings is 9. The van der Waals surface area contributed by atoms with Crippen LogP contribution in [-0.2, 0) is 5.41 Å². The van der Waals surface area contributed by atoms with E-state index in [0.29, 0.717) is 17.5 Å². The number of rotatable bonds is 8. The fourth-order valence-corrected chi connectivity index (χ4v) is 10.8. The molecule has 2 aliphatic rings. The summed E-state index contributed by atoms with van der Waals surface area (Å²) in [6, 6.07) is 75.1. The van der Waals surface area contributed by atoms with Gasteiger partial charge in [-0.2, -0.15) is 0 Å². The van der Waals surface area contributed by atoms with Gasteiger partial charge in [0.05, 0.1) is 5.41 Å². The van der Waals surface area contributed by atoms with Crippen molar-refractivity contribution in [3.05, 3.63) is 259 Å². The molecule has 0 bridgehead atoms. The number of aromatic nitrogens is 3. The summed E-state index contributed by atoms with van der Waals surface area (Å²) in [5.41, 5.74) is 17.4. The monoisotopic (exact) mass is 897 g/mol. The van der Waals surface area contributed by atoms with Gasteiger partial charge in [-0.15, -0.1) is 0 Å². The van der Waals surface area contributed by atoms with Crippen molar-refractivity contribution >= 4 is 23.1 Å². The molecule has 0 radical (unpaired) electrons. The lowest BCUT2D eigenvalue weighted by atomic mass is 9.65. The van der Waals surface area contributed by atoms with Crippen LogP contribution in [-0.4, -0.2) is 15.0 Å². The largest absolute Gasteiger partial charge is 0.457 e. The maximum atomic E-state index is 6.76. The Balaban J connectivity index is 0.980. The average Bonchev–Trinajstić information content (AvgIpc) is 3.93. The zero-order valence-corrected chi connectivity index (χ0v) is 38.3. The van der Waals surface area contributed by atoms with Crippen molar-refractivity contribution in [1.82, 2.24) is 15.0 Å². The second kappa shape index (κ2) is 16.5. The van der Waals surface area contributed by atoms with Crippen molar-refractivity contribution in [3.63, 3.8) is 0 Å². The Kier molecular flexibility index (Phi) is 9.70. The number of ether oxygens (including phenoxy) is 1. The number of hydrogen-bond donors (Lipinski definition) is 0. The quantitative estimate of drug-likeness (QED) is 0.152. The van der Waals surface area contributed by atoms with Gasteiger partial charge in [0.2, 0.25) is 0 Å². The highest BCUT2D eigenvalue weighted by atomic mass is 16.5. The standard InChI is InChI=1S/C65H43N3O2/c1-3-16-57-49(4-2)61-52(21-15-26-60(61)69-57)64-67-62(46-19-9-6-10-20-46)66-63(68-64)48-36-38-51-50-37-35-47(45-33-31-44(32-34-45)43-29-27-42(28-30-43)41-17-7-5-8-18-41)39-55(50)65(56(51)40-48)53-22-11-13-24-58(53)70-59-25-14-12-23-54(59)65/h3-40H,2H2,1H3/b16-3-. The molecule has 1 aliphatic carbocycles. The average molecular weight is 898 g/mol. The van der Waals surface area contributed by atoms with Crippen LogP contribution in [0.25, 0.3) is 102 Å². The minimum atomic E-state index is -0.731. The highest BCUT2D eigenvalue weighted by molar-refractivity contribution is 6.01. The van der Waals surface area contributed by atoms with Crippen LogP contribution in [0.5, 0.6) is 11.5 Å². The van der Waals surface area contributed by atoms with E-state index < -0.39 is 5.41 Å². The fourth-order valence-electron chi connectivity index (χ4n) is 10.8. The predicted octanol–water partition coefficient (Wildman–Crippen LogP) is 16.8. The van der Waals surface area contributed by atoms with E-state index in [2.05, 4.69) is 176 Å². The zero-order valence-electron chi connectivity index (χ0n) is 38.3. The summed E-state index contributed by atoms with van der Waals surface area (Å²) in [4.78, 5) is 15.8. The van der Waals surface area contributed by atoms with E-state index in [0.717, 1.165) is 83.9 Å². The minimum absolute atomic E-state index is 0.547. The van der Waals surface area contributed by atoms with E-state index in [-0.39, 0.29) is 0 Å². The zero-order chi connectivity index (χ0) is 46.8. The van der Waals surface area contributed by atoms with Crippen molar-refractivity contribution in [2.75, 3.05) is 0 Å². The number of para-hydroxylation sites is 2. The normalized spacial score (nSPS) is 12.9. The molecule has 5 heteroatoms. The smallest absolute Gasteiger partial charge is 0.164 e. The third kappa shape index (κ3) is 6.51. The lowest BCUT2D eigenvalue weighted by molar-refractivity contribution is 0.436. The molecule has 3 heterocycles. The van der Waals surface area contributed by atoms with E-state index in [4.69, 9.17) is 24.1 Å². The lowest BCUT2D eigenvalue weighted by Crippen LogP contribution is -2.32. The van der Waals surface area contributed by atoms with Crippen LogP contribution >= 0.6 is 0 Å². The Hall–Kier alpha value is -9.19. The number of allylic oxidation sites excluding steroid dienone is 1. The first-order chi connectivity index (χ1) is 34.6. The van der Waals surface area contributed by atoms with E-state index in [9.17, 15) is 0 Å². The van der Waals surface area contributed by atoms with Crippen LogP contribution in [0.3, 0.4) is 0 Å². The van der Waals surface area contributed by atoms with Gasteiger partial charge < -0.3 is 9.15 Å². The Morgan fingerprint density at radius 3 is 1.47 bits per heavy atom. The molecule has 70 heavy (non-hydrogen) atoms. The lowest BCUT2D eigenvalue weighted by Gasteiger charge is -2.39. The Morgan fingerprint density at radius 2 is 0.886 bits per heavy atom. The molecule has 0 unspecified atom stereocenters. The van der Waals surface area contributed by atoms with Crippen LogP contribution in [0.2, 0.25) is 0 Å². The van der Waals surface area contributed by atoms with E-state index in [1.807, 2.05) is 67.6 Å². The molecule has 1 aliphatic heterocycles. The maximum absolute atomic E-state index is 6.76. The molecule has 0 saturated heterocycles. The third-order valence-electron chi connectivity index (χ3n) is 14.0. The Labute approximate surface area is 406 Å². The predicted molar refractivity (Wildman–Crippen MR) is 284 cm³/mol. The van der Waals surface area contributed by atoms with Crippen molar-refractivity contribution in [2.45, 2.75) is 12.3 Å². The molecule has 330 valence electrons. The molecular weight excluding hydrogens is 855 g/mol. The molecule has 0 fully saturated rings.